The van der Waals surface area contributed by atoms with Crippen LogP contribution in [-0.4, -0.2) is 24.9 Å². The van der Waals surface area contributed by atoms with Crippen molar-refractivity contribution in [2.75, 3.05) is 6.54 Å². The molecule has 110 valence electrons. The Bertz CT molecular complexity index is 457. The maximum absolute atomic E-state index is 6.10. The third kappa shape index (κ3) is 2.92. The van der Waals surface area contributed by atoms with Crippen LogP contribution in [0.4, 0.5) is 0 Å². The van der Waals surface area contributed by atoms with Crippen LogP contribution in [0.5, 0.6) is 0 Å². The highest BCUT2D eigenvalue weighted by atomic mass is 16.7. The molecule has 1 aliphatic heterocycles. The first kappa shape index (κ1) is 15.6. The van der Waals surface area contributed by atoms with Crippen LogP contribution in [0, 0.1) is 0 Å². The van der Waals surface area contributed by atoms with Crippen molar-refractivity contribution < 1.29 is 9.31 Å². The summed E-state index contributed by atoms with van der Waals surface area (Å²) >= 11 is 0. The Kier molecular flexibility index (Phi) is 4.28. The molecule has 1 aliphatic rings. The van der Waals surface area contributed by atoms with Crippen LogP contribution in [0.2, 0.25) is 0 Å². The predicted molar refractivity (Wildman–Crippen MR) is 84.2 cm³/mol. The van der Waals surface area contributed by atoms with Gasteiger partial charge in [0.25, 0.3) is 0 Å². The molecule has 0 amide bonds. The maximum Gasteiger partial charge on any atom is 0.494 e. The quantitative estimate of drug-likeness (QED) is 0.857. The van der Waals surface area contributed by atoms with Crippen molar-refractivity contribution in [2.24, 2.45) is 0 Å². The predicted octanol–water partition coefficient (Wildman–Crippen LogP) is 2.66. The van der Waals surface area contributed by atoms with Gasteiger partial charge >= 0.3 is 7.12 Å². The Hall–Kier alpha value is -0.835. The normalized spacial score (nSPS) is 22.0. The summed E-state index contributed by atoms with van der Waals surface area (Å²) in [5, 5.41) is 3.43. The highest BCUT2D eigenvalue weighted by Crippen LogP contribution is 2.36. The van der Waals surface area contributed by atoms with Gasteiger partial charge in [0, 0.05) is 6.04 Å². The van der Waals surface area contributed by atoms with E-state index in [2.05, 4.69) is 71.1 Å². The molecule has 1 atom stereocenters. The van der Waals surface area contributed by atoms with Gasteiger partial charge in [-0.15, -0.1) is 0 Å². The topological polar surface area (TPSA) is 30.5 Å². The summed E-state index contributed by atoms with van der Waals surface area (Å²) in [6.07, 6.45) is 0. The van der Waals surface area contributed by atoms with E-state index in [0.717, 1.165) is 12.0 Å². The molecule has 0 radical (unpaired) electrons. The van der Waals surface area contributed by atoms with E-state index in [1.165, 1.54) is 5.56 Å². The van der Waals surface area contributed by atoms with Gasteiger partial charge in [-0.3, -0.25) is 0 Å². The zero-order chi connectivity index (χ0) is 15.0. The average Bonchev–Trinajstić information content (AvgIpc) is 2.59. The minimum absolute atomic E-state index is 0.284. The van der Waals surface area contributed by atoms with Gasteiger partial charge < -0.3 is 14.6 Å². The second-order valence-electron chi connectivity index (χ2n) is 6.54. The first-order valence-electron chi connectivity index (χ1n) is 7.46. The lowest BCUT2D eigenvalue weighted by Crippen LogP contribution is -2.41. The Morgan fingerprint density at radius 3 is 2.30 bits per heavy atom. The average molecular weight is 275 g/mol. The van der Waals surface area contributed by atoms with Crippen LogP contribution in [0.15, 0.2) is 24.3 Å². The first-order chi connectivity index (χ1) is 9.27. The Morgan fingerprint density at radius 2 is 1.75 bits per heavy atom. The van der Waals surface area contributed by atoms with E-state index < -0.39 is 0 Å². The Balaban J connectivity index is 2.21. The highest BCUT2D eigenvalue weighted by molar-refractivity contribution is 6.62. The molecule has 1 fully saturated rings. The van der Waals surface area contributed by atoms with Crippen LogP contribution < -0.4 is 10.8 Å². The van der Waals surface area contributed by atoms with Crippen molar-refractivity contribution in [1.82, 2.24) is 5.32 Å². The fourth-order valence-electron chi connectivity index (χ4n) is 2.38. The van der Waals surface area contributed by atoms with Crippen molar-refractivity contribution in [3.05, 3.63) is 29.8 Å². The molecule has 2 rings (SSSR count). The monoisotopic (exact) mass is 275 g/mol. The summed E-state index contributed by atoms with van der Waals surface area (Å²) in [7, 11) is -0.284. The third-order valence-electron chi connectivity index (χ3n) is 4.45. The van der Waals surface area contributed by atoms with Crippen molar-refractivity contribution in [3.63, 3.8) is 0 Å². The molecular formula is C16H26BNO2. The van der Waals surface area contributed by atoms with E-state index in [1.54, 1.807) is 0 Å². The van der Waals surface area contributed by atoms with E-state index in [1.807, 2.05) is 0 Å². The molecule has 1 aromatic carbocycles. The highest BCUT2D eigenvalue weighted by Gasteiger charge is 2.51. The molecule has 0 saturated carbocycles. The molecule has 3 nitrogen and oxygen atoms in total. The summed E-state index contributed by atoms with van der Waals surface area (Å²) in [6.45, 7) is 13.6. The molecule has 4 heteroatoms. The minimum atomic E-state index is -0.291. The number of rotatable bonds is 4. The zero-order valence-electron chi connectivity index (χ0n) is 13.5. The summed E-state index contributed by atoms with van der Waals surface area (Å²) in [4.78, 5) is 0. The molecule has 1 saturated heterocycles. The van der Waals surface area contributed by atoms with Gasteiger partial charge in [0.15, 0.2) is 0 Å². The van der Waals surface area contributed by atoms with Gasteiger partial charge in [-0.05, 0) is 52.2 Å². The number of benzene rings is 1. The summed E-state index contributed by atoms with van der Waals surface area (Å²) < 4.78 is 12.2. The van der Waals surface area contributed by atoms with Crippen LogP contribution in [0.25, 0.3) is 0 Å². The lowest BCUT2D eigenvalue weighted by Gasteiger charge is -2.32. The molecule has 1 heterocycles. The summed E-state index contributed by atoms with van der Waals surface area (Å²) in [5.41, 5.74) is 1.77. The molecule has 0 aromatic heterocycles. The van der Waals surface area contributed by atoms with Crippen LogP contribution in [-0.2, 0) is 9.31 Å². The number of nitrogens with one attached hydrogen (secondary N) is 1. The van der Waals surface area contributed by atoms with Gasteiger partial charge in [0.05, 0.1) is 11.2 Å². The fraction of sp³-hybridized carbons (Fsp3) is 0.625. The molecule has 1 aromatic rings. The third-order valence-corrected chi connectivity index (χ3v) is 4.45. The van der Waals surface area contributed by atoms with Crippen LogP contribution in [0.1, 0.15) is 53.1 Å². The van der Waals surface area contributed by atoms with Crippen LogP contribution >= 0.6 is 0 Å². The molecule has 1 unspecified atom stereocenters. The molecule has 0 aliphatic carbocycles. The van der Waals surface area contributed by atoms with Gasteiger partial charge in [-0.1, -0.05) is 31.2 Å². The van der Waals surface area contributed by atoms with Crippen molar-refractivity contribution >= 4 is 12.6 Å². The first-order valence-corrected chi connectivity index (χ1v) is 7.46. The summed E-state index contributed by atoms with van der Waals surface area (Å²) in [6, 6.07) is 8.80. The van der Waals surface area contributed by atoms with E-state index in [9.17, 15) is 0 Å². The zero-order valence-corrected chi connectivity index (χ0v) is 13.5. The van der Waals surface area contributed by atoms with Crippen LogP contribution in [0.3, 0.4) is 0 Å². The molecule has 20 heavy (non-hydrogen) atoms. The van der Waals surface area contributed by atoms with E-state index in [-0.39, 0.29) is 18.3 Å². The van der Waals surface area contributed by atoms with E-state index >= 15 is 0 Å². The second kappa shape index (κ2) is 5.51. The van der Waals surface area contributed by atoms with Crippen molar-refractivity contribution in [1.29, 1.82) is 0 Å². The standard InChI is InChI=1S/C16H26BNO2/c1-7-18-12(2)13-9-8-10-14(11-13)17-19-15(3,4)16(5,6)20-17/h8-12,18H,7H2,1-6H3. The van der Waals surface area contributed by atoms with Gasteiger partial charge in [0.2, 0.25) is 0 Å². The number of hydrogen-bond acceptors (Lipinski definition) is 3. The molecule has 1 N–H and O–H groups in total. The van der Waals surface area contributed by atoms with E-state index in [0.29, 0.717) is 6.04 Å². The fourth-order valence-corrected chi connectivity index (χ4v) is 2.38. The SMILES string of the molecule is CCNC(C)c1cccc(B2OC(C)(C)C(C)(C)O2)c1. The molecular weight excluding hydrogens is 249 g/mol. The molecule has 0 bridgehead atoms. The van der Waals surface area contributed by atoms with Crippen molar-refractivity contribution in [3.8, 4) is 0 Å². The Labute approximate surface area is 123 Å². The van der Waals surface area contributed by atoms with Gasteiger partial charge in [-0.2, -0.15) is 0 Å². The summed E-state index contributed by atoms with van der Waals surface area (Å²) in [5.74, 6) is 0. The number of hydrogen-bond donors (Lipinski definition) is 1. The lowest BCUT2D eigenvalue weighted by molar-refractivity contribution is 0.00578. The van der Waals surface area contributed by atoms with Gasteiger partial charge in [-0.25, -0.2) is 0 Å². The van der Waals surface area contributed by atoms with E-state index in [4.69, 9.17) is 9.31 Å². The second-order valence-corrected chi connectivity index (χ2v) is 6.54. The molecule has 0 spiro atoms. The lowest BCUT2D eigenvalue weighted by atomic mass is 9.78. The van der Waals surface area contributed by atoms with Gasteiger partial charge in [0.1, 0.15) is 0 Å². The minimum Gasteiger partial charge on any atom is -0.399 e. The maximum atomic E-state index is 6.10. The Morgan fingerprint density at radius 1 is 1.15 bits per heavy atom. The van der Waals surface area contributed by atoms with Crippen molar-refractivity contribution in [2.45, 2.75) is 58.8 Å². The smallest absolute Gasteiger partial charge is 0.399 e. The largest absolute Gasteiger partial charge is 0.494 e.